The summed E-state index contributed by atoms with van der Waals surface area (Å²) in [4.78, 5) is 2.55. The van der Waals surface area contributed by atoms with Gasteiger partial charge in [0.25, 0.3) is 0 Å². The third kappa shape index (κ3) is 6.32. The standard InChI is InChI=1S/C74H49N/c1-5-21-50(22-6-1)52-39-41-53(42-40-52)55-43-45-62-61-32-14-17-35-66(61)74(69(62)48-55)67-36-18-15-33-64(67)72-68(74)37-20-38-71(72)75(58-30-19-25-54(47-58)51-23-7-2-8-24-51)59-44-46-63-60-31-13-16-34-65(60)73(70(63)49-59,56-26-9-3-10-27-56)57-28-11-4-12-29-57/h1-49H. The second-order valence-electron chi connectivity index (χ2n) is 20.3. The zero-order valence-electron chi connectivity index (χ0n) is 41.2. The quantitative estimate of drug-likeness (QED) is 0.147. The number of anilines is 3. The Bertz CT molecular complexity index is 4120. The predicted molar refractivity (Wildman–Crippen MR) is 311 cm³/mol. The van der Waals surface area contributed by atoms with Gasteiger partial charge in [-0.1, -0.05) is 261 Å². The lowest BCUT2D eigenvalue weighted by atomic mass is 9.67. The molecule has 0 fully saturated rings. The summed E-state index contributed by atoms with van der Waals surface area (Å²) < 4.78 is 0. The molecule has 1 spiro atoms. The van der Waals surface area contributed by atoms with Gasteiger partial charge in [0, 0.05) is 16.9 Å². The third-order valence-corrected chi connectivity index (χ3v) is 16.6. The number of hydrogen-bond acceptors (Lipinski definition) is 1. The molecular formula is C74H49N. The van der Waals surface area contributed by atoms with E-state index in [1.807, 2.05) is 0 Å². The van der Waals surface area contributed by atoms with E-state index in [1.165, 1.54) is 111 Å². The first kappa shape index (κ1) is 43.1. The molecule has 1 atom stereocenters. The van der Waals surface area contributed by atoms with Gasteiger partial charge < -0.3 is 4.90 Å². The van der Waals surface area contributed by atoms with Crippen LogP contribution in [0.1, 0.15) is 44.5 Å². The molecule has 0 amide bonds. The molecule has 75 heavy (non-hydrogen) atoms. The molecule has 0 aromatic heterocycles. The van der Waals surface area contributed by atoms with Crippen LogP contribution in [-0.2, 0) is 10.8 Å². The Morgan fingerprint density at radius 2 is 0.600 bits per heavy atom. The van der Waals surface area contributed by atoms with Gasteiger partial charge in [-0.15, -0.1) is 0 Å². The highest BCUT2D eigenvalue weighted by atomic mass is 15.1. The average Bonchev–Trinajstić information content (AvgIpc) is 4.17. The first-order chi connectivity index (χ1) is 37.2. The van der Waals surface area contributed by atoms with Crippen LogP contribution in [0, 0.1) is 0 Å². The molecule has 0 N–H and O–H groups in total. The van der Waals surface area contributed by atoms with Crippen molar-refractivity contribution < 1.29 is 0 Å². The Labute approximate surface area is 439 Å². The molecule has 0 heterocycles. The molecule has 0 radical (unpaired) electrons. The van der Waals surface area contributed by atoms with Crippen molar-refractivity contribution in [2.45, 2.75) is 10.8 Å². The molecule has 0 bridgehead atoms. The summed E-state index contributed by atoms with van der Waals surface area (Å²) in [6.07, 6.45) is 0. The zero-order chi connectivity index (χ0) is 49.5. The van der Waals surface area contributed by atoms with Gasteiger partial charge in [0.1, 0.15) is 0 Å². The number of rotatable bonds is 8. The lowest BCUT2D eigenvalue weighted by molar-refractivity contribution is 0.768. The van der Waals surface area contributed by atoms with Crippen LogP contribution in [0.4, 0.5) is 17.1 Å². The zero-order valence-corrected chi connectivity index (χ0v) is 41.2. The highest BCUT2D eigenvalue weighted by molar-refractivity contribution is 6.02. The Kier molecular flexibility index (Phi) is 9.77. The van der Waals surface area contributed by atoms with Gasteiger partial charge in [-0.2, -0.15) is 0 Å². The summed E-state index contributed by atoms with van der Waals surface area (Å²) in [5.41, 5.74) is 27.3. The average molecular weight is 952 g/mol. The Morgan fingerprint density at radius 3 is 1.23 bits per heavy atom. The maximum absolute atomic E-state index is 2.55. The van der Waals surface area contributed by atoms with Gasteiger partial charge >= 0.3 is 0 Å². The normalized spacial score (nSPS) is 14.8. The van der Waals surface area contributed by atoms with Gasteiger partial charge in [-0.3, -0.25) is 0 Å². The van der Waals surface area contributed by atoms with Crippen LogP contribution in [0.15, 0.2) is 297 Å². The summed E-state index contributed by atoms with van der Waals surface area (Å²) in [5, 5.41) is 0. The SMILES string of the molecule is c1ccc(-c2ccc(-c3ccc4c(c3)C3(c5ccccc5-4)c4ccccc4-c4c(N(c5cccc(-c6ccccc6)c5)c5ccc6c(c5)C(c5ccccc5)(c5ccccc5)c5ccccc5-6)cccc43)cc2)cc1. The van der Waals surface area contributed by atoms with Crippen molar-refractivity contribution in [1.29, 1.82) is 0 Å². The fourth-order valence-electron chi connectivity index (χ4n) is 13.5. The molecule has 12 aromatic rings. The number of benzene rings is 12. The van der Waals surface area contributed by atoms with Crippen molar-refractivity contribution in [1.82, 2.24) is 0 Å². The van der Waals surface area contributed by atoms with Gasteiger partial charge in [-0.25, -0.2) is 0 Å². The van der Waals surface area contributed by atoms with E-state index < -0.39 is 10.8 Å². The Balaban J connectivity index is 0.986. The van der Waals surface area contributed by atoms with Crippen LogP contribution >= 0.6 is 0 Å². The van der Waals surface area contributed by atoms with E-state index in [4.69, 9.17) is 0 Å². The highest BCUT2D eigenvalue weighted by Gasteiger charge is 2.53. The van der Waals surface area contributed by atoms with Gasteiger partial charge in [0.2, 0.25) is 0 Å². The van der Waals surface area contributed by atoms with Crippen molar-refractivity contribution in [2.75, 3.05) is 4.90 Å². The van der Waals surface area contributed by atoms with E-state index in [-0.39, 0.29) is 0 Å². The second kappa shape index (κ2) is 17.0. The van der Waals surface area contributed by atoms with Gasteiger partial charge in [0.15, 0.2) is 0 Å². The van der Waals surface area contributed by atoms with Crippen LogP contribution in [0.25, 0.3) is 66.8 Å². The summed E-state index contributed by atoms with van der Waals surface area (Å²) in [5.74, 6) is 0. The summed E-state index contributed by atoms with van der Waals surface area (Å²) in [7, 11) is 0. The monoisotopic (exact) mass is 951 g/mol. The van der Waals surface area contributed by atoms with Crippen LogP contribution < -0.4 is 4.90 Å². The van der Waals surface area contributed by atoms with E-state index in [9.17, 15) is 0 Å². The van der Waals surface area contributed by atoms with Gasteiger partial charge in [-0.05, 0) is 142 Å². The highest BCUT2D eigenvalue weighted by Crippen LogP contribution is 2.65. The van der Waals surface area contributed by atoms with E-state index in [2.05, 4.69) is 302 Å². The number of fused-ring (bicyclic) bond motifs is 13. The van der Waals surface area contributed by atoms with E-state index in [1.54, 1.807) is 0 Å². The van der Waals surface area contributed by atoms with E-state index in [0.29, 0.717) is 0 Å². The molecule has 1 heteroatoms. The lowest BCUT2D eigenvalue weighted by Gasteiger charge is -2.35. The molecule has 0 saturated carbocycles. The summed E-state index contributed by atoms with van der Waals surface area (Å²) in [6.45, 7) is 0. The van der Waals surface area contributed by atoms with E-state index in [0.717, 1.165) is 17.1 Å². The van der Waals surface area contributed by atoms with Crippen molar-refractivity contribution in [3.8, 4) is 66.8 Å². The van der Waals surface area contributed by atoms with Crippen molar-refractivity contribution in [2.24, 2.45) is 0 Å². The third-order valence-electron chi connectivity index (χ3n) is 16.6. The molecule has 350 valence electrons. The lowest BCUT2D eigenvalue weighted by Crippen LogP contribution is -2.28. The summed E-state index contributed by atoms with van der Waals surface area (Å²) in [6, 6.07) is 111. The molecule has 1 nitrogen and oxygen atoms in total. The Morgan fingerprint density at radius 1 is 0.213 bits per heavy atom. The minimum atomic E-state index is -0.569. The van der Waals surface area contributed by atoms with Crippen molar-refractivity contribution in [3.05, 3.63) is 342 Å². The number of nitrogens with zero attached hydrogens (tertiary/aromatic N) is 1. The van der Waals surface area contributed by atoms with Crippen LogP contribution in [-0.4, -0.2) is 0 Å². The molecule has 15 rings (SSSR count). The first-order valence-electron chi connectivity index (χ1n) is 26.2. The summed E-state index contributed by atoms with van der Waals surface area (Å²) >= 11 is 0. The first-order valence-corrected chi connectivity index (χ1v) is 26.2. The van der Waals surface area contributed by atoms with Crippen LogP contribution in [0.2, 0.25) is 0 Å². The fourth-order valence-corrected chi connectivity index (χ4v) is 13.5. The minimum Gasteiger partial charge on any atom is -0.310 e. The topological polar surface area (TPSA) is 3.24 Å². The largest absolute Gasteiger partial charge is 0.310 e. The van der Waals surface area contributed by atoms with Crippen LogP contribution in [0.5, 0.6) is 0 Å². The van der Waals surface area contributed by atoms with Crippen molar-refractivity contribution >= 4 is 17.1 Å². The van der Waals surface area contributed by atoms with Gasteiger partial charge in [0.05, 0.1) is 16.5 Å². The predicted octanol–water partition coefficient (Wildman–Crippen LogP) is 18.9. The molecular weight excluding hydrogens is 903 g/mol. The molecule has 3 aliphatic rings. The minimum absolute atomic E-state index is 0.561. The second-order valence-corrected chi connectivity index (χ2v) is 20.3. The number of hydrogen-bond donors (Lipinski definition) is 0. The molecule has 12 aromatic carbocycles. The van der Waals surface area contributed by atoms with E-state index >= 15 is 0 Å². The molecule has 0 aliphatic heterocycles. The maximum atomic E-state index is 2.55. The smallest absolute Gasteiger partial charge is 0.0726 e. The fraction of sp³-hybridized carbons (Fsp3) is 0.0270. The van der Waals surface area contributed by atoms with Crippen LogP contribution in [0.3, 0.4) is 0 Å². The Hall–Kier alpha value is -9.56. The van der Waals surface area contributed by atoms with Crippen molar-refractivity contribution in [3.63, 3.8) is 0 Å². The maximum Gasteiger partial charge on any atom is 0.0726 e. The molecule has 0 saturated heterocycles. The molecule has 1 unspecified atom stereocenters. The molecule has 3 aliphatic carbocycles.